The number of aliphatic hydroxyl groups excluding tert-OH is 1. The van der Waals surface area contributed by atoms with Crippen molar-refractivity contribution in [3.05, 3.63) is 60.7 Å². The monoisotopic (exact) mass is 785 g/mol. The van der Waals surface area contributed by atoms with Crippen LogP contribution in [0.4, 0.5) is 0 Å². The maximum absolute atomic E-state index is 13.8. The first-order valence-electron chi connectivity index (χ1n) is 22.2. The number of benzene rings is 2. The molecule has 7 rings (SSSR count). The van der Waals surface area contributed by atoms with Gasteiger partial charge >= 0.3 is 11.9 Å². The van der Waals surface area contributed by atoms with Crippen molar-refractivity contribution in [2.24, 2.45) is 51.8 Å². The summed E-state index contributed by atoms with van der Waals surface area (Å²) in [5.74, 6) is 1.81. The molecule has 0 amide bonds. The summed E-state index contributed by atoms with van der Waals surface area (Å²) < 4.78 is 21.7. The van der Waals surface area contributed by atoms with Crippen LogP contribution in [0.25, 0.3) is 0 Å². The quantitative estimate of drug-likeness (QED) is 0.202. The van der Waals surface area contributed by atoms with Crippen LogP contribution in [0.5, 0.6) is 0 Å². The Labute approximate surface area is 339 Å². The first kappa shape index (κ1) is 41.7. The van der Waals surface area contributed by atoms with Gasteiger partial charge in [-0.2, -0.15) is 0 Å². The predicted octanol–water partition coefficient (Wildman–Crippen LogP) is 9.64. The van der Waals surface area contributed by atoms with E-state index in [1.165, 1.54) is 29.6 Å². The Kier molecular flexibility index (Phi) is 11.1. The normalized spacial score (nSPS) is 37.6. The molecule has 4 saturated carbocycles. The highest BCUT2D eigenvalue weighted by Gasteiger charge is 2.69. The van der Waals surface area contributed by atoms with Crippen LogP contribution >= 0.6 is 0 Å². The number of fused-ring (bicyclic) bond motifs is 5. The molecule has 2 aromatic rings. The van der Waals surface area contributed by atoms with E-state index in [-0.39, 0.29) is 52.2 Å². The molecular weight excluding hydrogens is 713 g/mol. The Morgan fingerprint density at radius 3 is 2.07 bits per heavy atom. The van der Waals surface area contributed by atoms with Gasteiger partial charge in [-0.25, -0.2) is 0 Å². The molecule has 7 heteroatoms. The summed E-state index contributed by atoms with van der Waals surface area (Å²) in [6.45, 7) is 22.8. The lowest BCUT2D eigenvalue weighted by Gasteiger charge is -2.67. The molecule has 0 bridgehead atoms. The topological polar surface area (TPSA) is 82.1 Å². The summed E-state index contributed by atoms with van der Waals surface area (Å²) in [5.41, 5.74) is -1.32. The molecule has 1 saturated heterocycles. The Bertz CT molecular complexity index is 1680. The van der Waals surface area contributed by atoms with E-state index >= 15 is 0 Å². The standard InChI is InChI=1S/C49H72O6Si/c1-11-46(7,8)44(52)54-41-29-39-37(38-23-18-26-47(38,41)9)25-24-33-30-49(40(32(2)3)31-48(33,39)10,42-27-34(50)28-43(51)53-42)55-56(45(4,5)6,35-19-14-12-15-20-35)36-21-16-13-17-22-36/h12-17,19-22,32-34,37-42,50H,11,18,23-31H2,1-10H3/t33-,34+,37+,38+,39+,40-,41+,42+,47-,48+,49+/m1/s1. The summed E-state index contributed by atoms with van der Waals surface area (Å²) >= 11 is 0. The van der Waals surface area contributed by atoms with E-state index in [0.717, 1.165) is 38.5 Å². The zero-order chi connectivity index (χ0) is 40.5. The maximum atomic E-state index is 13.8. The number of carbonyl (C=O) groups is 2. The second-order valence-electron chi connectivity index (χ2n) is 21.5. The second kappa shape index (κ2) is 15.0. The molecular formula is C49H72O6Si. The first-order valence-corrected chi connectivity index (χ1v) is 24.1. The van der Waals surface area contributed by atoms with Gasteiger partial charge in [-0.3, -0.25) is 9.59 Å². The fourth-order valence-electron chi connectivity index (χ4n) is 13.3. The summed E-state index contributed by atoms with van der Waals surface area (Å²) in [7, 11) is -3.15. The van der Waals surface area contributed by atoms with Crippen LogP contribution < -0.4 is 10.4 Å². The fraction of sp³-hybridized carbons (Fsp3) is 0.714. The lowest BCUT2D eigenvalue weighted by atomic mass is 9.41. The van der Waals surface area contributed by atoms with Crippen LogP contribution in [-0.2, 0) is 23.5 Å². The highest BCUT2D eigenvalue weighted by Crippen LogP contribution is 2.70. The van der Waals surface area contributed by atoms with Crippen molar-refractivity contribution in [3.63, 3.8) is 0 Å². The Hall–Kier alpha value is -2.48. The first-order chi connectivity index (χ1) is 26.3. The summed E-state index contributed by atoms with van der Waals surface area (Å²) in [6, 6.07) is 21.7. The van der Waals surface area contributed by atoms with Gasteiger partial charge in [0.1, 0.15) is 12.2 Å². The van der Waals surface area contributed by atoms with Crippen molar-refractivity contribution in [3.8, 4) is 0 Å². The third kappa shape index (κ3) is 6.75. The smallest absolute Gasteiger partial charge is 0.311 e. The molecule has 0 aromatic heterocycles. The molecule has 6 nitrogen and oxygen atoms in total. The average Bonchev–Trinajstić information content (AvgIpc) is 3.56. The number of aliphatic hydroxyl groups is 1. The molecule has 0 radical (unpaired) electrons. The average molecular weight is 785 g/mol. The number of carbonyl (C=O) groups excluding carboxylic acids is 2. The van der Waals surface area contributed by atoms with Crippen LogP contribution in [0.1, 0.15) is 140 Å². The van der Waals surface area contributed by atoms with Crippen LogP contribution in [0.15, 0.2) is 60.7 Å². The van der Waals surface area contributed by atoms with Gasteiger partial charge in [0, 0.05) is 11.8 Å². The molecule has 0 spiro atoms. The predicted molar refractivity (Wildman–Crippen MR) is 226 cm³/mol. The zero-order valence-corrected chi connectivity index (χ0v) is 37.2. The van der Waals surface area contributed by atoms with E-state index in [9.17, 15) is 14.7 Å². The van der Waals surface area contributed by atoms with Crippen molar-refractivity contribution in [1.82, 2.24) is 0 Å². The van der Waals surface area contributed by atoms with Gasteiger partial charge < -0.3 is 19.0 Å². The zero-order valence-electron chi connectivity index (χ0n) is 36.2. The number of hydrogen-bond donors (Lipinski definition) is 1. The third-order valence-corrected chi connectivity index (χ3v) is 21.8. The number of rotatable bonds is 9. The Morgan fingerprint density at radius 2 is 1.52 bits per heavy atom. The van der Waals surface area contributed by atoms with E-state index in [1.54, 1.807) is 0 Å². The van der Waals surface area contributed by atoms with E-state index in [2.05, 4.69) is 116 Å². The lowest BCUT2D eigenvalue weighted by Crippen LogP contribution is -2.75. The molecule has 4 aliphatic carbocycles. The highest BCUT2D eigenvalue weighted by molar-refractivity contribution is 6.99. The summed E-state index contributed by atoms with van der Waals surface area (Å²) in [6.07, 6.45) is 8.22. The maximum Gasteiger partial charge on any atom is 0.311 e. The van der Waals surface area contributed by atoms with E-state index < -0.39 is 31.5 Å². The van der Waals surface area contributed by atoms with Crippen molar-refractivity contribution >= 4 is 30.6 Å². The van der Waals surface area contributed by atoms with Gasteiger partial charge in [0.25, 0.3) is 8.32 Å². The fourth-order valence-corrected chi connectivity index (χ4v) is 18.1. The van der Waals surface area contributed by atoms with E-state index in [0.29, 0.717) is 30.1 Å². The minimum Gasteiger partial charge on any atom is -0.461 e. The van der Waals surface area contributed by atoms with Crippen LogP contribution in [0.2, 0.25) is 5.04 Å². The molecule has 0 unspecified atom stereocenters. The van der Waals surface area contributed by atoms with Crippen molar-refractivity contribution < 1.29 is 28.6 Å². The minimum atomic E-state index is -3.15. The molecule has 1 aliphatic heterocycles. The molecule has 2 aromatic carbocycles. The van der Waals surface area contributed by atoms with Crippen molar-refractivity contribution in [2.75, 3.05) is 0 Å². The number of cyclic esters (lactones) is 1. The van der Waals surface area contributed by atoms with Crippen LogP contribution in [-0.4, -0.2) is 49.3 Å². The number of hydrogen-bond acceptors (Lipinski definition) is 6. The SMILES string of the molecule is CCC(C)(C)C(=O)O[C@H]1C[C@H]2[C@@H](CC[C@@H]3C[C@@](O[Si](c4ccccc4)(c4ccccc4)C(C)(C)C)([C@@H]4C[C@H](O)CC(=O)O4)[C@@H](C(C)C)C[C@@]32C)[C@@H]2CCC[C@@]12C. The van der Waals surface area contributed by atoms with Crippen LogP contribution in [0.3, 0.4) is 0 Å². The molecule has 5 fully saturated rings. The third-order valence-electron chi connectivity index (χ3n) is 16.8. The largest absolute Gasteiger partial charge is 0.461 e. The summed E-state index contributed by atoms with van der Waals surface area (Å²) in [5, 5.41) is 13.5. The molecule has 1 N–H and O–H groups in total. The van der Waals surface area contributed by atoms with Gasteiger partial charge in [0.05, 0.1) is 23.5 Å². The Balaban J connectivity index is 1.37. The molecule has 5 aliphatic rings. The molecule has 11 atom stereocenters. The van der Waals surface area contributed by atoms with Gasteiger partial charge in [-0.15, -0.1) is 0 Å². The minimum absolute atomic E-state index is 0.0116. The van der Waals surface area contributed by atoms with Gasteiger partial charge in [-0.05, 0) is 122 Å². The summed E-state index contributed by atoms with van der Waals surface area (Å²) in [4.78, 5) is 27.3. The Morgan fingerprint density at radius 1 is 0.893 bits per heavy atom. The molecule has 308 valence electrons. The number of esters is 2. The van der Waals surface area contributed by atoms with E-state index in [1.807, 2.05) is 13.8 Å². The molecule has 1 heterocycles. The van der Waals surface area contributed by atoms with E-state index in [4.69, 9.17) is 13.9 Å². The lowest BCUT2D eigenvalue weighted by molar-refractivity contribution is -0.236. The van der Waals surface area contributed by atoms with Gasteiger partial charge in [0.2, 0.25) is 0 Å². The highest BCUT2D eigenvalue weighted by atomic mass is 28.4. The van der Waals surface area contributed by atoms with Gasteiger partial charge in [0.15, 0.2) is 0 Å². The molecule has 56 heavy (non-hydrogen) atoms. The number of ether oxygens (including phenoxy) is 2. The van der Waals surface area contributed by atoms with Crippen LogP contribution in [0, 0.1) is 51.8 Å². The van der Waals surface area contributed by atoms with Crippen molar-refractivity contribution in [2.45, 2.75) is 169 Å². The van der Waals surface area contributed by atoms with Crippen molar-refractivity contribution in [1.29, 1.82) is 0 Å². The van der Waals surface area contributed by atoms with Gasteiger partial charge in [-0.1, -0.05) is 122 Å². The second-order valence-corrected chi connectivity index (χ2v) is 25.7.